The fourth-order valence-corrected chi connectivity index (χ4v) is 1.72. The van der Waals surface area contributed by atoms with Crippen LogP contribution in [0.2, 0.25) is 5.02 Å². The van der Waals surface area contributed by atoms with Crippen LogP contribution >= 0.6 is 11.6 Å². The standard InChI is InChI=1S/C13H16ClN3O/c1-2-5-18-11-7-16-17(9-11)8-10-3-4-12(14)13(15)6-10/h3-4,6-7,9H,2,5,8,15H2,1H3. The lowest BCUT2D eigenvalue weighted by molar-refractivity contribution is 0.317. The molecule has 0 atom stereocenters. The topological polar surface area (TPSA) is 53.1 Å². The predicted molar refractivity (Wildman–Crippen MR) is 73.0 cm³/mol. The van der Waals surface area contributed by atoms with E-state index in [4.69, 9.17) is 22.1 Å². The number of hydrogen-bond acceptors (Lipinski definition) is 3. The molecule has 1 aromatic carbocycles. The van der Waals surface area contributed by atoms with E-state index < -0.39 is 0 Å². The molecule has 0 spiro atoms. The molecule has 18 heavy (non-hydrogen) atoms. The molecule has 0 aliphatic rings. The molecule has 0 amide bonds. The van der Waals surface area contributed by atoms with Crippen molar-refractivity contribution in [2.75, 3.05) is 12.3 Å². The van der Waals surface area contributed by atoms with E-state index in [0.717, 1.165) is 17.7 Å². The number of nitrogens with two attached hydrogens (primary N) is 1. The normalized spacial score (nSPS) is 10.6. The molecule has 5 heteroatoms. The van der Waals surface area contributed by atoms with E-state index in [-0.39, 0.29) is 0 Å². The van der Waals surface area contributed by atoms with Gasteiger partial charge in [-0.15, -0.1) is 0 Å². The zero-order valence-corrected chi connectivity index (χ0v) is 11.0. The van der Waals surface area contributed by atoms with E-state index in [1.807, 2.05) is 23.0 Å². The van der Waals surface area contributed by atoms with Crippen LogP contribution in [0.3, 0.4) is 0 Å². The second-order valence-electron chi connectivity index (χ2n) is 4.08. The Morgan fingerprint density at radius 3 is 3.00 bits per heavy atom. The van der Waals surface area contributed by atoms with Crippen LogP contribution in [0.4, 0.5) is 5.69 Å². The second kappa shape index (κ2) is 5.78. The van der Waals surface area contributed by atoms with E-state index in [2.05, 4.69) is 12.0 Å². The van der Waals surface area contributed by atoms with E-state index in [1.54, 1.807) is 12.3 Å². The van der Waals surface area contributed by atoms with E-state index in [0.29, 0.717) is 23.9 Å². The van der Waals surface area contributed by atoms with Gasteiger partial charge in [0.05, 0.1) is 36.3 Å². The highest BCUT2D eigenvalue weighted by Gasteiger charge is 2.02. The van der Waals surface area contributed by atoms with Crippen LogP contribution in [-0.4, -0.2) is 16.4 Å². The fraction of sp³-hybridized carbons (Fsp3) is 0.308. The molecule has 2 rings (SSSR count). The summed E-state index contributed by atoms with van der Waals surface area (Å²) in [7, 11) is 0. The van der Waals surface area contributed by atoms with Crippen LogP contribution in [0.1, 0.15) is 18.9 Å². The summed E-state index contributed by atoms with van der Waals surface area (Å²) in [6.45, 7) is 3.43. The van der Waals surface area contributed by atoms with Crippen molar-refractivity contribution in [2.45, 2.75) is 19.9 Å². The number of hydrogen-bond donors (Lipinski definition) is 1. The summed E-state index contributed by atoms with van der Waals surface area (Å²) in [6, 6.07) is 5.59. The summed E-state index contributed by atoms with van der Waals surface area (Å²) < 4.78 is 7.30. The van der Waals surface area contributed by atoms with Gasteiger partial charge >= 0.3 is 0 Å². The number of benzene rings is 1. The lowest BCUT2D eigenvalue weighted by Gasteiger charge is -2.04. The van der Waals surface area contributed by atoms with Gasteiger partial charge in [-0.1, -0.05) is 24.6 Å². The first-order valence-corrected chi connectivity index (χ1v) is 6.26. The molecule has 0 radical (unpaired) electrons. The number of ether oxygens (including phenoxy) is 1. The molecular weight excluding hydrogens is 250 g/mol. The molecule has 96 valence electrons. The quantitative estimate of drug-likeness (QED) is 0.846. The second-order valence-corrected chi connectivity index (χ2v) is 4.49. The largest absolute Gasteiger partial charge is 0.490 e. The van der Waals surface area contributed by atoms with Crippen molar-refractivity contribution in [1.82, 2.24) is 9.78 Å². The Hall–Kier alpha value is -1.68. The minimum Gasteiger partial charge on any atom is -0.490 e. The van der Waals surface area contributed by atoms with Gasteiger partial charge in [0, 0.05) is 0 Å². The van der Waals surface area contributed by atoms with Crippen molar-refractivity contribution in [3.05, 3.63) is 41.2 Å². The number of halogens is 1. The molecule has 4 nitrogen and oxygen atoms in total. The molecule has 0 aliphatic heterocycles. The van der Waals surface area contributed by atoms with Gasteiger partial charge in [-0.25, -0.2) is 0 Å². The molecule has 0 unspecified atom stereocenters. The first-order chi connectivity index (χ1) is 8.69. The van der Waals surface area contributed by atoms with Crippen molar-refractivity contribution in [3.8, 4) is 5.75 Å². The Kier molecular flexibility index (Phi) is 4.10. The SMILES string of the molecule is CCCOc1cnn(Cc2ccc(Cl)c(N)c2)c1. The van der Waals surface area contributed by atoms with Crippen molar-refractivity contribution in [2.24, 2.45) is 0 Å². The minimum atomic E-state index is 0.575. The van der Waals surface area contributed by atoms with Crippen LogP contribution in [-0.2, 0) is 6.54 Å². The lowest BCUT2D eigenvalue weighted by Crippen LogP contribution is -2.01. The van der Waals surface area contributed by atoms with Crippen molar-refractivity contribution in [3.63, 3.8) is 0 Å². The summed E-state index contributed by atoms with van der Waals surface area (Å²) >= 11 is 5.88. The Bertz CT molecular complexity index is 525. The van der Waals surface area contributed by atoms with E-state index >= 15 is 0 Å². The van der Waals surface area contributed by atoms with Gasteiger partial charge in [-0.2, -0.15) is 5.10 Å². The first-order valence-electron chi connectivity index (χ1n) is 5.88. The Morgan fingerprint density at radius 1 is 1.44 bits per heavy atom. The van der Waals surface area contributed by atoms with Crippen molar-refractivity contribution < 1.29 is 4.74 Å². The number of rotatable bonds is 5. The molecule has 0 aliphatic carbocycles. The van der Waals surface area contributed by atoms with Gasteiger partial charge < -0.3 is 10.5 Å². The summed E-state index contributed by atoms with van der Waals surface area (Å²) in [6.07, 6.45) is 4.58. The van der Waals surface area contributed by atoms with Gasteiger partial charge in [-0.05, 0) is 24.1 Å². The number of nitrogen functional groups attached to an aromatic ring is 1. The minimum absolute atomic E-state index is 0.575. The first kappa shape index (κ1) is 12.8. The molecular formula is C13H16ClN3O. The third kappa shape index (κ3) is 3.17. The third-order valence-corrected chi connectivity index (χ3v) is 2.83. The average molecular weight is 266 g/mol. The zero-order chi connectivity index (χ0) is 13.0. The highest BCUT2D eigenvalue weighted by molar-refractivity contribution is 6.33. The van der Waals surface area contributed by atoms with E-state index in [9.17, 15) is 0 Å². The summed E-state index contributed by atoms with van der Waals surface area (Å²) in [5, 5.41) is 4.81. The maximum Gasteiger partial charge on any atom is 0.157 e. The highest BCUT2D eigenvalue weighted by atomic mass is 35.5. The molecule has 0 saturated heterocycles. The maximum atomic E-state index is 5.88. The summed E-state index contributed by atoms with van der Waals surface area (Å²) in [5.74, 6) is 0.791. The maximum absolute atomic E-state index is 5.88. The molecule has 2 aromatic rings. The molecule has 0 fully saturated rings. The zero-order valence-electron chi connectivity index (χ0n) is 10.3. The average Bonchev–Trinajstić information content (AvgIpc) is 2.79. The van der Waals surface area contributed by atoms with Crippen LogP contribution < -0.4 is 10.5 Å². The van der Waals surface area contributed by atoms with Gasteiger partial charge in [0.2, 0.25) is 0 Å². The third-order valence-electron chi connectivity index (χ3n) is 2.49. The molecule has 0 saturated carbocycles. The fourth-order valence-electron chi connectivity index (χ4n) is 1.60. The van der Waals surface area contributed by atoms with Gasteiger partial charge in [0.25, 0.3) is 0 Å². The van der Waals surface area contributed by atoms with Crippen molar-refractivity contribution in [1.29, 1.82) is 0 Å². The predicted octanol–water partition coefficient (Wildman–Crippen LogP) is 2.96. The number of nitrogens with zero attached hydrogens (tertiary/aromatic N) is 2. The molecule has 0 bridgehead atoms. The van der Waals surface area contributed by atoms with Crippen LogP contribution in [0.5, 0.6) is 5.75 Å². The number of aromatic nitrogens is 2. The Labute approximate surface area is 111 Å². The highest BCUT2D eigenvalue weighted by Crippen LogP contribution is 2.20. The summed E-state index contributed by atoms with van der Waals surface area (Å²) in [5.41, 5.74) is 7.40. The molecule has 2 N–H and O–H groups in total. The van der Waals surface area contributed by atoms with Gasteiger partial charge in [-0.3, -0.25) is 4.68 Å². The summed E-state index contributed by atoms with van der Waals surface area (Å²) in [4.78, 5) is 0. The molecule has 1 heterocycles. The van der Waals surface area contributed by atoms with Crippen molar-refractivity contribution >= 4 is 17.3 Å². The lowest BCUT2D eigenvalue weighted by atomic mass is 10.2. The van der Waals surface area contributed by atoms with Crippen LogP contribution in [0, 0.1) is 0 Å². The van der Waals surface area contributed by atoms with Gasteiger partial charge in [0.1, 0.15) is 0 Å². The Morgan fingerprint density at radius 2 is 2.28 bits per heavy atom. The molecule has 1 aromatic heterocycles. The van der Waals surface area contributed by atoms with E-state index in [1.165, 1.54) is 0 Å². The monoisotopic (exact) mass is 265 g/mol. The smallest absolute Gasteiger partial charge is 0.157 e. The Balaban J connectivity index is 2.04. The van der Waals surface area contributed by atoms with Gasteiger partial charge in [0.15, 0.2) is 5.75 Å². The number of anilines is 1. The van der Waals surface area contributed by atoms with Crippen LogP contribution in [0.15, 0.2) is 30.6 Å². The van der Waals surface area contributed by atoms with Crippen LogP contribution in [0.25, 0.3) is 0 Å².